The molecule has 26 heavy (non-hydrogen) atoms. The number of fused-ring (bicyclic) bond motifs is 1. The first-order valence-electron chi connectivity index (χ1n) is 7.80. The second-order valence-corrected chi connectivity index (χ2v) is 7.01. The Morgan fingerprint density at radius 2 is 2.08 bits per heavy atom. The standard InChI is InChI=1S/C18H13ClN4O2S/c1-11-4-3-7-23-15(24)9-14(20-16(11)23)10-26-18-22-21-17(25-18)12-5-2-6-13(19)8-12/h2-9H,10H2,1H3. The monoisotopic (exact) mass is 384 g/mol. The second-order valence-electron chi connectivity index (χ2n) is 5.64. The number of benzene rings is 1. The van der Waals surface area contributed by atoms with Crippen LogP contribution in [0.4, 0.5) is 0 Å². The number of hydrogen-bond donors (Lipinski definition) is 0. The van der Waals surface area contributed by atoms with E-state index in [-0.39, 0.29) is 5.56 Å². The lowest BCUT2D eigenvalue weighted by Gasteiger charge is -2.05. The minimum Gasteiger partial charge on any atom is -0.411 e. The maximum Gasteiger partial charge on any atom is 0.277 e. The van der Waals surface area contributed by atoms with E-state index in [1.54, 1.807) is 18.3 Å². The summed E-state index contributed by atoms with van der Waals surface area (Å²) in [6.07, 6.45) is 1.71. The van der Waals surface area contributed by atoms with Gasteiger partial charge in [-0.25, -0.2) is 4.98 Å². The Labute approximate surface area is 157 Å². The molecule has 1 aromatic carbocycles. The van der Waals surface area contributed by atoms with Crippen LogP contribution in [0, 0.1) is 6.92 Å². The van der Waals surface area contributed by atoms with Gasteiger partial charge in [0.25, 0.3) is 10.8 Å². The molecular formula is C18H13ClN4O2S. The first-order chi connectivity index (χ1) is 12.6. The molecule has 6 nitrogen and oxygen atoms in total. The van der Waals surface area contributed by atoms with Crippen molar-refractivity contribution in [3.8, 4) is 11.5 Å². The first kappa shape index (κ1) is 16.8. The van der Waals surface area contributed by atoms with E-state index < -0.39 is 0 Å². The summed E-state index contributed by atoms with van der Waals surface area (Å²) >= 11 is 7.32. The number of aromatic nitrogens is 4. The normalized spacial score (nSPS) is 11.2. The van der Waals surface area contributed by atoms with Crippen molar-refractivity contribution in [3.63, 3.8) is 0 Å². The zero-order valence-corrected chi connectivity index (χ0v) is 15.3. The average molecular weight is 385 g/mol. The largest absolute Gasteiger partial charge is 0.411 e. The minimum absolute atomic E-state index is 0.112. The smallest absolute Gasteiger partial charge is 0.277 e. The highest BCUT2D eigenvalue weighted by Gasteiger charge is 2.11. The molecule has 0 spiro atoms. The Hall–Kier alpha value is -2.64. The average Bonchev–Trinajstić information content (AvgIpc) is 3.10. The summed E-state index contributed by atoms with van der Waals surface area (Å²) in [4.78, 5) is 16.8. The molecule has 0 fully saturated rings. The quantitative estimate of drug-likeness (QED) is 0.495. The van der Waals surface area contributed by atoms with Crippen molar-refractivity contribution in [2.45, 2.75) is 17.9 Å². The Balaban J connectivity index is 1.56. The van der Waals surface area contributed by atoms with Crippen LogP contribution in [-0.2, 0) is 5.75 Å². The molecule has 0 N–H and O–H groups in total. The molecule has 130 valence electrons. The van der Waals surface area contributed by atoms with Crippen LogP contribution in [0.2, 0.25) is 5.02 Å². The zero-order valence-electron chi connectivity index (χ0n) is 13.7. The number of hydrogen-bond acceptors (Lipinski definition) is 6. The van der Waals surface area contributed by atoms with Gasteiger partial charge in [-0.1, -0.05) is 35.5 Å². The van der Waals surface area contributed by atoms with Crippen molar-refractivity contribution in [1.82, 2.24) is 19.6 Å². The number of halogens is 1. The fourth-order valence-electron chi connectivity index (χ4n) is 2.52. The molecule has 0 saturated carbocycles. The van der Waals surface area contributed by atoms with Crippen LogP contribution in [0.3, 0.4) is 0 Å². The summed E-state index contributed by atoms with van der Waals surface area (Å²) in [6.45, 7) is 1.92. The van der Waals surface area contributed by atoms with Crippen molar-refractivity contribution in [3.05, 3.63) is 75.3 Å². The molecule has 8 heteroatoms. The summed E-state index contributed by atoms with van der Waals surface area (Å²) in [7, 11) is 0. The van der Waals surface area contributed by atoms with Gasteiger partial charge < -0.3 is 4.42 Å². The van der Waals surface area contributed by atoms with E-state index in [4.69, 9.17) is 16.0 Å². The molecule has 0 radical (unpaired) electrons. The van der Waals surface area contributed by atoms with Gasteiger partial charge in [-0.05, 0) is 36.8 Å². The van der Waals surface area contributed by atoms with Gasteiger partial charge >= 0.3 is 0 Å². The van der Waals surface area contributed by atoms with Gasteiger partial charge in [0.15, 0.2) is 0 Å². The molecule has 3 heterocycles. The van der Waals surface area contributed by atoms with Crippen LogP contribution < -0.4 is 5.56 Å². The molecule has 4 aromatic rings. The van der Waals surface area contributed by atoms with E-state index in [0.29, 0.717) is 33.2 Å². The van der Waals surface area contributed by atoms with Gasteiger partial charge in [0.2, 0.25) is 5.89 Å². The minimum atomic E-state index is -0.112. The van der Waals surface area contributed by atoms with Crippen LogP contribution >= 0.6 is 23.4 Å². The fourth-order valence-corrected chi connectivity index (χ4v) is 3.37. The van der Waals surface area contributed by atoms with E-state index >= 15 is 0 Å². The number of pyridine rings is 1. The molecule has 0 unspecified atom stereocenters. The molecule has 0 saturated heterocycles. The lowest BCUT2D eigenvalue weighted by molar-refractivity contribution is 0.466. The van der Waals surface area contributed by atoms with Gasteiger partial charge in [-0.15, -0.1) is 10.2 Å². The Kier molecular flexibility index (Phi) is 4.48. The Bertz CT molecular complexity index is 1160. The summed E-state index contributed by atoms with van der Waals surface area (Å²) in [6, 6.07) is 12.5. The maximum absolute atomic E-state index is 12.2. The first-order valence-corrected chi connectivity index (χ1v) is 9.17. The number of aryl methyl sites for hydroxylation is 1. The van der Waals surface area contributed by atoms with Crippen LogP contribution in [0.15, 0.2) is 63.1 Å². The predicted molar refractivity (Wildman–Crippen MR) is 101 cm³/mol. The fraction of sp³-hybridized carbons (Fsp3) is 0.111. The second kappa shape index (κ2) is 6.93. The van der Waals surface area contributed by atoms with Crippen molar-refractivity contribution in [2.24, 2.45) is 0 Å². The lowest BCUT2D eigenvalue weighted by Crippen LogP contribution is -2.15. The number of nitrogens with zero attached hydrogens (tertiary/aromatic N) is 4. The maximum atomic E-state index is 12.2. The molecule has 4 rings (SSSR count). The van der Waals surface area contributed by atoms with Crippen molar-refractivity contribution in [2.75, 3.05) is 0 Å². The van der Waals surface area contributed by atoms with Gasteiger partial charge in [-0.2, -0.15) is 0 Å². The zero-order chi connectivity index (χ0) is 18.1. The van der Waals surface area contributed by atoms with Gasteiger partial charge in [-0.3, -0.25) is 9.20 Å². The van der Waals surface area contributed by atoms with Crippen LogP contribution in [0.5, 0.6) is 0 Å². The Morgan fingerprint density at radius 3 is 2.92 bits per heavy atom. The van der Waals surface area contributed by atoms with Crippen LogP contribution in [0.25, 0.3) is 17.1 Å². The van der Waals surface area contributed by atoms with Gasteiger partial charge in [0.05, 0.1) is 5.69 Å². The lowest BCUT2D eigenvalue weighted by atomic mass is 10.2. The third kappa shape index (κ3) is 3.36. The molecule has 0 atom stereocenters. The summed E-state index contributed by atoms with van der Waals surface area (Å²) < 4.78 is 7.19. The Morgan fingerprint density at radius 1 is 1.19 bits per heavy atom. The van der Waals surface area contributed by atoms with E-state index in [9.17, 15) is 4.79 Å². The van der Waals surface area contributed by atoms with Gasteiger partial charge in [0.1, 0.15) is 5.65 Å². The molecule has 0 aliphatic rings. The highest BCUT2D eigenvalue weighted by molar-refractivity contribution is 7.98. The molecule has 3 aromatic heterocycles. The highest BCUT2D eigenvalue weighted by Crippen LogP contribution is 2.26. The van der Waals surface area contributed by atoms with E-state index in [1.165, 1.54) is 22.2 Å². The van der Waals surface area contributed by atoms with E-state index in [2.05, 4.69) is 15.2 Å². The third-order valence-corrected chi connectivity index (χ3v) is 4.85. The van der Waals surface area contributed by atoms with Crippen molar-refractivity contribution < 1.29 is 4.42 Å². The summed E-state index contributed by atoms with van der Waals surface area (Å²) in [5.41, 5.74) is 2.91. The summed E-state index contributed by atoms with van der Waals surface area (Å²) in [5, 5.41) is 9.08. The predicted octanol–water partition coefficient (Wildman–Crippen LogP) is 4.00. The molecule has 0 amide bonds. The SMILES string of the molecule is Cc1cccn2c(=O)cc(CSc3nnc(-c4cccc(Cl)c4)o3)nc12. The van der Waals surface area contributed by atoms with E-state index in [0.717, 1.165) is 11.1 Å². The molecule has 0 bridgehead atoms. The van der Waals surface area contributed by atoms with Crippen molar-refractivity contribution >= 4 is 29.0 Å². The molecule has 0 aliphatic heterocycles. The summed E-state index contributed by atoms with van der Waals surface area (Å²) in [5.74, 6) is 0.856. The van der Waals surface area contributed by atoms with Crippen LogP contribution in [-0.4, -0.2) is 19.6 Å². The number of thioether (sulfide) groups is 1. The van der Waals surface area contributed by atoms with Crippen LogP contribution in [0.1, 0.15) is 11.3 Å². The molecular weight excluding hydrogens is 372 g/mol. The van der Waals surface area contributed by atoms with E-state index in [1.807, 2.05) is 31.2 Å². The third-order valence-electron chi connectivity index (χ3n) is 3.76. The number of rotatable bonds is 4. The highest BCUT2D eigenvalue weighted by atomic mass is 35.5. The molecule has 0 aliphatic carbocycles. The topological polar surface area (TPSA) is 73.3 Å². The van der Waals surface area contributed by atoms with Crippen molar-refractivity contribution in [1.29, 1.82) is 0 Å². The van der Waals surface area contributed by atoms with Gasteiger partial charge in [0, 0.05) is 28.6 Å².